The van der Waals surface area contributed by atoms with Gasteiger partial charge in [0.1, 0.15) is 0 Å². The van der Waals surface area contributed by atoms with Crippen LogP contribution in [0.4, 0.5) is 0 Å². The van der Waals surface area contributed by atoms with Gasteiger partial charge in [-0.3, -0.25) is 5.84 Å². The largest absolute Gasteiger partial charge is 0.271 e. The number of nitrogens with two attached hydrogens (primary N) is 1. The fourth-order valence-electron chi connectivity index (χ4n) is 1.28. The summed E-state index contributed by atoms with van der Waals surface area (Å²) < 4.78 is 1.11. The number of halogens is 1. The summed E-state index contributed by atoms with van der Waals surface area (Å²) in [6.07, 6.45) is 0. The molecule has 14 heavy (non-hydrogen) atoms. The van der Waals surface area contributed by atoms with Gasteiger partial charge in [0.2, 0.25) is 0 Å². The molecule has 0 saturated carbocycles. The molecule has 0 saturated heterocycles. The van der Waals surface area contributed by atoms with E-state index in [4.69, 9.17) is 5.84 Å². The summed E-state index contributed by atoms with van der Waals surface area (Å²) in [4.78, 5) is 1.23. The maximum atomic E-state index is 5.56. The Morgan fingerprint density at radius 2 is 2.29 bits per heavy atom. The van der Waals surface area contributed by atoms with E-state index in [2.05, 4.69) is 43.6 Å². The maximum Gasteiger partial charge on any atom is 0.0821 e. The van der Waals surface area contributed by atoms with Gasteiger partial charge in [0.25, 0.3) is 0 Å². The minimum atomic E-state index is 0.0932. The zero-order valence-corrected chi connectivity index (χ0v) is 10.5. The summed E-state index contributed by atoms with van der Waals surface area (Å²) >= 11 is 6.89. The van der Waals surface area contributed by atoms with Crippen molar-refractivity contribution in [2.45, 2.75) is 6.04 Å². The van der Waals surface area contributed by atoms with E-state index in [0.717, 1.165) is 4.47 Å². The van der Waals surface area contributed by atoms with Crippen molar-refractivity contribution in [1.82, 2.24) is 5.43 Å². The molecular formula is C9H9BrN2S2. The molecule has 0 aromatic carbocycles. The lowest BCUT2D eigenvalue weighted by molar-refractivity contribution is 0.646. The van der Waals surface area contributed by atoms with Crippen molar-refractivity contribution >= 4 is 38.6 Å². The van der Waals surface area contributed by atoms with Gasteiger partial charge in [-0.25, -0.2) is 5.43 Å². The SMILES string of the molecule is NNC(c1cccs1)c1cscc1Br. The third-order valence-electron chi connectivity index (χ3n) is 1.95. The Balaban J connectivity index is 2.36. The topological polar surface area (TPSA) is 38.0 Å². The van der Waals surface area contributed by atoms with Crippen LogP contribution in [0, 0.1) is 0 Å². The lowest BCUT2D eigenvalue weighted by Crippen LogP contribution is -2.28. The van der Waals surface area contributed by atoms with E-state index >= 15 is 0 Å². The molecule has 0 aliphatic heterocycles. The first kappa shape index (κ1) is 10.3. The molecule has 0 aliphatic rings. The highest BCUT2D eigenvalue weighted by Gasteiger charge is 2.16. The molecule has 0 spiro atoms. The lowest BCUT2D eigenvalue weighted by atomic mass is 10.1. The first-order valence-electron chi connectivity index (χ1n) is 4.04. The van der Waals surface area contributed by atoms with Crippen molar-refractivity contribution in [3.63, 3.8) is 0 Å². The second-order valence-electron chi connectivity index (χ2n) is 2.79. The smallest absolute Gasteiger partial charge is 0.0821 e. The van der Waals surface area contributed by atoms with Crippen LogP contribution in [0.25, 0.3) is 0 Å². The molecule has 0 amide bonds. The average Bonchev–Trinajstić information content (AvgIpc) is 2.80. The van der Waals surface area contributed by atoms with Crippen molar-refractivity contribution in [3.8, 4) is 0 Å². The summed E-state index contributed by atoms with van der Waals surface area (Å²) in [6.45, 7) is 0. The summed E-state index contributed by atoms with van der Waals surface area (Å²) in [5.74, 6) is 5.56. The maximum absolute atomic E-state index is 5.56. The first-order valence-corrected chi connectivity index (χ1v) is 6.65. The van der Waals surface area contributed by atoms with Gasteiger partial charge in [-0.05, 0) is 32.8 Å². The van der Waals surface area contributed by atoms with Gasteiger partial charge < -0.3 is 0 Å². The molecule has 0 radical (unpaired) electrons. The summed E-state index contributed by atoms with van der Waals surface area (Å²) in [7, 11) is 0. The van der Waals surface area contributed by atoms with Crippen LogP contribution in [0.15, 0.2) is 32.7 Å². The van der Waals surface area contributed by atoms with E-state index in [1.54, 1.807) is 22.7 Å². The predicted molar refractivity (Wildman–Crippen MR) is 65.5 cm³/mol. The van der Waals surface area contributed by atoms with Gasteiger partial charge in [0, 0.05) is 20.3 Å². The molecule has 0 fully saturated rings. The fraction of sp³-hybridized carbons (Fsp3) is 0.111. The van der Waals surface area contributed by atoms with Gasteiger partial charge in [0.05, 0.1) is 6.04 Å². The van der Waals surface area contributed by atoms with Crippen molar-refractivity contribution in [3.05, 3.63) is 43.2 Å². The Morgan fingerprint density at radius 3 is 2.79 bits per heavy atom. The van der Waals surface area contributed by atoms with E-state index in [1.807, 2.05) is 6.07 Å². The summed E-state index contributed by atoms with van der Waals surface area (Å²) in [5.41, 5.74) is 4.03. The highest BCUT2D eigenvalue weighted by molar-refractivity contribution is 9.10. The van der Waals surface area contributed by atoms with Gasteiger partial charge in [-0.1, -0.05) is 6.07 Å². The quantitative estimate of drug-likeness (QED) is 0.673. The number of hydrogen-bond acceptors (Lipinski definition) is 4. The highest BCUT2D eigenvalue weighted by atomic mass is 79.9. The third-order valence-corrected chi connectivity index (χ3v) is 4.64. The predicted octanol–water partition coefficient (Wildman–Crippen LogP) is 3.12. The van der Waals surface area contributed by atoms with Crippen molar-refractivity contribution in [2.24, 2.45) is 5.84 Å². The van der Waals surface area contributed by atoms with Gasteiger partial charge in [0.15, 0.2) is 0 Å². The van der Waals surface area contributed by atoms with Gasteiger partial charge >= 0.3 is 0 Å². The van der Waals surface area contributed by atoms with E-state index in [9.17, 15) is 0 Å². The van der Waals surface area contributed by atoms with Crippen LogP contribution in [0.1, 0.15) is 16.5 Å². The normalized spacial score (nSPS) is 13.0. The number of hydrogen-bond donors (Lipinski definition) is 2. The first-order chi connectivity index (χ1) is 6.83. The van der Waals surface area contributed by atoms with Crippen LogP contribution in [0.5, 0.6) is 0 Å². The minimum Gasteiger partial charge on any atom is -0.271 e. The van der Waals surface area contributed by atoms with Crippen LogP contribution in [0.2, 0.25) is 0 Å². The van der Waals surface area contributed by atoms with E-state index < -0.39 is 0 Å². The van der Waals surface area contributed by atoms with Crippen LogP contribution in [-0.4, -0.2) is 0 Å². The Hall–Kier alpha value is -0.200. The van der Waals surface area contributed by atoms with Crippen molar-refractivity contribution < 1.29 is 0 Å². The van der Waals surface area contributed by atoms with Gasteiger partial charge in [-0.2, -0.15) is 11.3 Å². The van der Waals surface area contributed by atoms with E-state index in [1.165, 1.54) is 10.4 Å². The number of rotatable bonds is 3. The molecule has 2 nitrogen and oxygen atoms in total. The van der Waals surface area contributed by atoms with Crippen molar-refractivity contribution in [2.75, 3.05) is 0 Å². The highest BCUT2D eigenvalue weighted by Crippen LogP contribution is 2.32. The van der Waals surface area contributed by atoms with E-state index in [0.29, 0.717) is 0 Å². The molecule has 0 bridgehead atoms. The molecule has 1 atom stereocenters. The monoisotopic (exact) mass is 288 g/mol. The molecule has 1 unspecified atom stereocenters. The Labute approximate surface area is 98.9 Å². The molecule has 5 heteroatoms. The molecule has 2 aromatic heterocycles. The van der Waals surface area contributed by atoms with Crippen LogP contribution < -0.4 is 11.3 Å². The molecule has 74 valence electrons. The van der Waals surface area contributed by atoms with Crippen LogP contribution in [0.3, 0.4) is 0 Å². The van der Waals surface area contributed by atoms with Crippen LogP contribution in [-0.2, 0) is 0 Å². The van der Waals surface area contributed by atoms with Gasteiger partial charge in [-0.15, -0.1) is 11.3 Å². The van der Waals surface area contributed by atoms with E-state index in [-0.39, 0.29) is 6.04 Å². The molecule has 2 rings (SSSR count). The zero-order chi connectivity index (χ0) is 9.97. The zero-order valence-electron chi connectivity index (χ0n) is 7.24. The second-order valence-corrected chi connectivity index (χ2v) is 5.37. The number of thiophene rings is 2. The standard InChI is InChI=1S/C9H9BrN2S2/c10-7-5-13-4-6(7)9(12-11)8-2-1-3-14-8/h1-5,9,12H,11H2. The molecule has 0 aliphatic carbocycles. The van der Waals surface area contributed by atoms with Crippen molar-refractivity contribution in [1.29, 1.82) is 0 Å². The second kappa shape index (κ2) is 4.55. The Bertz CT molecular complexity index is 397. The Kier molecular flexibility index (Phi) is 3.35. The molecule has 2 heterocycles. The average molecular weight is 289 g/mol. The molecule has 2 aromatic rings. The summed E-state index contributed by atoms with van der Waals surface area (Å²) in [6, 6.07) is 4.21. The minimum absolute atomic E-state index is 0.0932. The fourth-order valence-corrected chi connectivity index (χ4v) is 3.63. The molecular weight excluding hydrogens is 280 g/mol. The number of nitrogens with one attached hydrogen (secondary N) is 1. The molecule has 3 N–H and O–H groups in total. The third kappa shape index (κ3) is 1.92. The summed E-state index contributed by atoms with van der Waals surface area (Å²) in [5, 5.41) is 6.22. The Morgan fingerprint density at radius 1 is 1.43 bits per heavy atom. The number of hydrazine groups is 1. The van der Waals surface area contributed by atoms with Crippen LogP contribution >= 0.6 is 38.6 Å². The lowest BCUT2D eigenvalue weighted by Gasteiger charge is -2.13.